The number of benzene rings is 5. The zero-order valence-corrected chi connectivity index (χ0v) is 16.6. The monoisotopic (exact) mass is 390 g/mol. The molecule has 0 aliphatic rings. The lowest BCUT2D eigenvalue weighted by Crippen LogP contribution is -2.02. The predicted molar refractivity (Wildman–Crippen MR) is 125 cm³/mol. The lowest BCUT2D eigenvalue weighted by Gasteiger charge is -2.15. The molecule has 2 heteroatoms. The number of aliphatic hydroxyl groups excluding tert-OH is 1. The molecule has 0 aliphatic carbocycles. The number of fused-ring (bicyclic) bond motifs is 2. The summed E-state index contributed by atoms with van der Waals surface area (Å²) in [4.78, 5) is 0. The quantitative estimate of drug-likeness (QED) is 0.338. The van der Waals surface area contributed by atoms with Crippen LogP contribution in [-0.4, -0.2) is 18.3 Å². The number of aliphatic hydroxyl groups is 1. The molecule has 5 aromatic carbocycles. The summed E-state index contributed by atoms with van der Waals surface area (Å²) in [6, 6.07) is 36.0. The normalized spacial score (nSPS) is 11.1. The van der Waals surface area contributed by atoms with Gasteiger partial charge in [-0.3, -0.25) is 0 Å². The summed E-state index contributed by atoms with van der Waals surface area (Å²) in [6.07, 6.45) is 0. The van der Waals surface area contributed by atoms with E-state index in [2.05, 4.69) is 78.9 Å². The third kappa shape index (κ3) is 3.42. The van der Waals surface area contributed by atoms with E-state index in [0.29, 0.717) is 0 Å². The number of rotatable bonds is 5. The highest BCUT2D eigenvalue weighted by Gasteiger charge is 2.11. The Morgan fingerprint density at radius 1 is 0.567 bits per heavy atom. The smallest absolute Gasteiger partial charge is 0.127 e. The van der Waals surface area contributed by atoms with Crippen molar-refractivity contribution in [3.63, 3.8) is 0 Å². The number of hydrogen-bond donors (Lipinski definition) is 1. The van der Waals surface area contributed by atoms with Crippen molar-refractivity contribution in [2.75, 3.05) is 13.2 Å². The molecule has 0 aliphatic heterocycles. The Bertz CT molecular complexity index is 1320. The molecular weight excluding hydrogens is 368 g/mol. The maximum atomic E-state index is 9.20. The molecule has 0 heterocycles. The van der Waals surface area contributed by atoms with Gasteiger partial charge in [-0.05, 0) is 62.5 Å². The molecule has 0 saturated heterocycles. The molecule has 5 aromatic rings. The van der Waals surface area contributed by atoms with Gasteiger partial charge in [0, 0.05) is 5.56 Å². The molecule has 30 heavy (non-hydrogen) atoms. The van der Waals surface area contributed by atoms with E-state index in [0.717, 1.165) is 22.4 Å². The van der Waals surface area contributed by atoms with Crippen LogP contribution < -0.4 is 4.74 Å². The lowest BCUT2D eigenvalue weighted by molar-refractivity contribution is 0.202. The molecule has 5 rings (SSSR count). The second kappa shape index (κ2) is 8.02. The van der Waals surface area contributed by atoms with Gasteiger partial charge in [0.25, 0.3) is 0 Å². The van der Waals surface area contributed by atoms with Crippen LogP contribution in [-0.2, 0) is 0 Å². The van der Waals surface area contributed by atoms with Gasteiger partial charge in [0.1, 0.15) is 12.4 Å². The van der Waals surface area contributed by atoms with Crippen LogP contribution in [0, 0.1) is 0 Å². The highest BCUT2D eigenvalue weighted by molar-refractivity contribution is 6.05. The fraction of sp³-hybridized carbons (Fsp3) is 0.0714. The van der Waals surface area contributed by atoms with Crippen molar-refractivity contribution in [1.29, 1.82) is 0 Å². The van der Waals surface area contributed by atoms with Crippen LogP contribution in [0.4, 0.5) is 0 Å². The van der Waals surface area contributed by atoms with Gasteiger partial charge in [-0.1, -0.05) is 78.9 Å². The average Bonchev–Trinajstić information content (AvgIpc) is 2.81. The van der Waals surface area contributed by atoms with Gasteiger partial charge in [0.05, 0.1) is 6.61 Å². The predicted octanol–water partition coefficient (Wildman–Crippen LogP) is 6.70. The molecule has 0 amide bonds. The first-order valence-corrected chi connectivity index (χ1v) is 10.2. The first kappa shape index (κ1) is 18.4. The maximum absolute atomic E-state index is 9.20. The van der Waals surface area contributed by atoms with Crippen LogP contribution in [0.2, 0.25) is 0 Å². The van der Waals surface area contributed by atoms with Crippen molar-refractivity contribution >= 4 is 21.5 Å². The molecule has 0 spiro atoms. The molecule has 0 bridgehead atoms. The van der Waals surface area contributed by atoms with Gasteiger partial charge in [-0.15, -0.1) is 0 Å². The summed E-state index contributed by atoms with van der Waals surface area (Å²) in [6.45, 7) is 0.270. The van der Waals surface area contributed by atoms with E-state index < -0.39 is 0 Å². The highest BCUT2D eigenvalue weighted by Crippen LogP contribution is 2.37. The Labute approximate surface area is 176 Å². The Morgan fingerprint density at radius 3 is 2.10 bits per heavy atom. The van der Waals surface area contributed by atoms with Crippen LogP contribution in [0.15, 0.2) is 103 Å². The van der Waals surface area contributed by atoms with Crippen molar-refractivity contribution in [1.82, 2.24) is 0 Å². The standard InChI is InChI=1S/C28H22O2/c29-15-16-30-28-14-13-24(19-27(28)20-7-2-1-3-8-20)25-12-6-11-23-17-21-9-4-5-10-22(21)18-26(23)25/h1-14,17-19,29H,15-16H2. The summed E-state index contributed by atoms with van der Waals surface area (Å²) >= 11 is 0. The minimum Gasteiger partial charge on any atom is -0.491 e. The van der Waals surface area contributed by atoms with Crippen molar-refractivity contribution < 1.29 is 9.84 Å². The molecule has 0 fully saturated rings. The molecule has 1 N–H and O–H groups in total. The molecule has 0 saturated carbocycles. The van der Waals surface area contributed by atoms with Gasteiger partial charge >= 0.3 is 0 Å². The average molecular weight is 390 g/mol. The van der Waals surface area contributed by atoms with E-state index in [9.17, 15) is 5.11 Å². The second-order valence-corrected chi connectivity index (χ2v) is 7.38. The highest BCUT2D eigenvalue weighted by atomic mass is 16.5. The topological polar surface area (TPSA) is 29.5 Å². The van der Waals surface area contributed by atoms with E-state index >= 15 is 0 Å². The second-order valence-electron chi connectivity index (χ2n) is 7.38. The summed E-state index contributed by atoms with van der Waals surface area (Å²) in [5.74, 6) is 0.782. The minimum absolute atomic E-state index is 0.00756. The molecule has 0 aromatic heterocycles. The number of ether oxygens (including phenoxy) is 1. The van der Waals surface area contributed by atoms with E-state index in [1.165, 1.54) is 27.1 Å². The van der Waals surface area contributed by atoms with E-state index in [1.54, 1.807) is 0 Å². The summed E-state index contributed by atoms with van der Waals surface area (Å²) in [7, 11) is 0. The molecular formula is C28H22O2. The molecule has 0 unspecified atom stereocenters. The Hall–Kier alpha value is -3.62. The third-order valence-electron chi connectivity index (χ3n) is 5.47. The Kier molecular flexibility index (Phi) is 4.92. The lowest BCUT2D eigenvalue weighted by atomic mass is 9.93. The summed E-state index contributed by atoms with van der Waals surface area (Å²) in [5, 5.41) is 14.2. The van der Waals surface area contributed by atoms with Crippen LogP contribution in [0.1, 0.15) is 0 Å². The zero-order valence-electron chi connectivity index (χ0n) is 16.6. The summed E-state index contributed by atoms with van der Waals surface area (Å²) in [5.41, 5.74) is 4.47. The van der Waals surface area contributed by atoms with E-state index in [-0.39, 0.29) is 13.2 Å². The van der Waals surface area contributed by atoms with Gasteiger partial charge in [-0.25, -0.2) is 0 Å². The molecule has 146 valence electrons. The first-order valence-electron chi connectivity index (χ1n) is 10.2. The fourth-order valence-electron chi connectivity index (χ4n) is 4.04. The molecule has 2 nitrogen and oxygen atoms in total. The largest absolute Gasteiger partial charge is 0.491 e. The Balaban J connectivity index is 1.70. The molecule has 0 radical (unpaired) electrons. The fourth-order valence-corrected chi connectivity index (χ4v) is 4.04. The molecule has 0 atom stereocenters. The maximum Gasteiger partial charge on any atom is 0.127 e. The van der Waals surface area contributed by atoms with Crippen LogP contribution in [0.25, 0.3) is 43.8 Å². The minimum atomic E-state index is -0.00756. The SMILES string of the molecule is OCCOc1ccc(-c2cccc3cc4ccccc4cc23)cc1-c1ccccc1. The summed E-state index contributed by atoms with van der Waals surface area (Å²) < 4.78 is 5.83. The van der Waals surface area contributed by atoms with Crippen molar-refractivity contribution in [2.45, 2.75) is 0 Å². The van der Waals surface area contributed by atoms with Crippen molar-refractivity contribution in [3.05, 3.63) is 103 Å². The van der Waals surface area contributed by atoms with Gasteiger partial charge in [0.15, 0.2) is 0 Å². The number of hydrogen-bond acceptors (Lipinski definition) is 2. The van der Waals surface area contributed by atoms with Crippen molar-refractivity contribution in [3.8, 4) is 28.0 Å². The van der Waals surface area contributed by atoms with Gasteiger partial charge in [0.2, 0.25) is 0 Å². The van der Waals surface area contributed by atoms with E-state index in [1.807, 2.05) is 24.3 Å². The van der Waals surface area contributed by atoms with Gasteiger partial charge < -0.3 is 9.84 Å². The van der Waals surface area contributed by atoms with Crippen LogP contribution >= 0.6 is 0 Å². The van der Waals surface area contributed by atoms with E-state index in [4.69, 9.17) is 4.74 Å². The Morgan fingerprint density at radius 2 is 1.30 bits per heavy atom. The zero-order chi connectivity index (χ0) is 20.3. The first-order chi connectivity index (χ1) is 14.8. The van der Waals surface area contributed by atoms with Crippen LogP contribution in [0.3, 0.4) is 0 Å². The van der Waals surface area contributed by atoms with Gasteiger partial charge in [-0.2, -0.15) is 0 Å². The van der Waals surface area contributed by atoms with Crippen molar-refractivity contribution in [2.24, 2.45) is 0 Å². The third-order valence-corrected chi connectivity index (χ3v) is 5.47. The van der Waals surface area contributed by atoms with Crippen LogP contribution in [0.5, 0.6) is 5.75 Å².